The summed E-state index contributed by atoms with van der Waals surface area (Å²) in [6, 6.07) is 3.04. The lowest BCUT2D eigenvalue weighted by Crippen LogP contribution is -2.77. The summed E-state index contributed by atoms with van der Waals surface area (Å²) >= 11 is 0. The van der Waals surface area contributed by atoms with Gasteiger partial charge in [0.25, 0.3) is 0 Å². The molecule has 1 spiro atoms. The van der Waals surface area contributed by atoms with E-state index in [4.69, 9.17) is 14.2 Å². The lowest BCUT2D eigenvalue weighted by atomic mass is 9.52. The van der Waals surface area contributed by atoms with Gasteiger partial charge in [0.05, 0.1) is 11.5 Å². The summed E-state index contributed by atoms with van der Waals surface area (Å²) < 4.78 is 17.8. The van der Waals surface area contributed by atoms with E-state index in [1.54, 1.807) is 26.8 Å². The minimum absolute atomic E-state index is 0.0531. The van der Waals surface area contributed by atoms with E-state index in [1.807, 2.05) is 0 Å². The fraction of sp³-hybridized carbons (Fsp3) is 0.800. The van der Waals surface area contributed by atoms with Crippen molar-refractivity contribution >= 4 is 5.97 Å². The number of aromatic amines is 1. The Morgan fingerprint density at radius 1 is 1.17 bits per heavy atom. The molecule has 11 heteroatoms. The topological polar surface area (TPSA) is 185 Å². The molecule has 7 fully saturated rings. The fourth-order valence-corrected chi connectivity index (χ4v) is 9.87. The molecule has 0 unspecified atom stereocenters. The van der Waals surface area contributed by atoms with Crippen LogP contribution in [0.25, 0.3) is 0 Å². The number of rotatable bonds is 3. The maximum atomic E-state index is 13.2. The van der Waals surface area contributed by atoms with Crippen LogP contribution in [0.2, 0.25) is 0 Å². The lowest BCUT2D eigenvalue weighted by Gasteiger charge is -2.59. The molecule has 7 aliphatic rings. The van der Waals surface area contributed by atoms with Crippen molar-refractivity contribution in [2.45, 2.75) is 105 Å². The number of hydrogen-bond donors (Lipinski definition) is 7. The van der Waals surface area contributed by atoms with E-state index < -0.39 is 86.8 Å². The first-order valence-electron chi connectivity index (χ1n) is 12.5. The lowest BCUT2D eigenvalue weighted by molar-refractivity contribution is -0.386. The van der Waals surface area contributed by atoms with Crippen molar-refractivity contribution in [3.63, 3.8) is 0 Å². The van der Waals surface area contributed by atoms with Gasteiger partial charge in [0.2, 0.25) is 0 Å². The van der Waals surface area contributed by atoms with Gasteiger partial charge in [-0.15, -0.1) is 0 Å². The van der Waals surface area contributed by atoms with Crippen LogP contribution in [0.4, 0.5) is 0 Å². The molecule has 0 amide bonds. The van der Waals surface area contributed by atoms with Crippen LogP contribution in [0.3, 0.4) is 0 Å². The third-order valence-corrected chi connectivity index (χ3v) is 11.8. The van der Waals surface area contributed by atoms with Crippen molar-refractivity contribution in [1.29, 1.82) is 0 Å². The monoisotopic (exact) mass is 507 g/mol. The maximum absolute atomic E-state index is 13.2. The summed E-state index contributed by atoms with van der Waals surface area (Å²) in [5.41, 5.74) is -17.0. The third-order valence-electron chi connectivity index (χ3n) is 11.8. The van der Waals surface area contributed by atoms with E-state index in [2.05, 4.69) is 4.98 Å². The number of fused-ring (bicyclic) bond motifs is 1. The molecule has 4 aliphatic carbocycles. The summed E-state index contributed by atoms with van der Waals surface area (Å²) in [6.45, 7) is 7.70. The van der Waals surface area contributed by atoms with E-state index in [1.165, 1.54) is 26.1 Å². The SMILES string of the molecule is CC(C)[C@@]1(O)[C@@H](OC(=O)c2ccc[nH]2)[C@@]2(O)[C@@]3(C)C[C@]4(O)O[C@@]5([C@@H](O)[C@]6(C)O[C@@H]6C[C@]35O)[C@@]2(O)[C@]14C. The highest BCUT2D eigenvalue weighted by Crippen LogP contribution is 2.91. The molecule has 0 aromatic carbocycles. The highest BCUT2D eigenvalue weighted by molar-refractivity contribution is 5.87. The van der Waals surface area contributed by atoms with E-state index in [0.717, 1.165) is 0 Å². The molecule has 4 heterocycles. The van der Waals surface area contributed by atoms with Crippen LogP contribution in [0.1, 0.15) is 57.9 Å². The fourth-order valence-electron chi connectivity index (χ4n) is 9.87. The van der Waals surface area contributed by atoms with Crippen molar-refractivity contribution in [3.8, 4) is 0 Å². The summed E-state index contributed by atoms with van der Waals surface area (Å²) in [7, 11) is 0. The molecule has 3 aliphatic heterocycles. The number of hydrogen-bond acceptors (Lipinski definition) is 10. The number of esters is 1. The van der Waals surface area contributed by atoms with Crippen LogP contribution in [0.15, 0.2) is 18.3 Å². The zero-order chi connectivity index (χ0) is 26.3. The molecule has 1 aromatic heterocycles. The Kier molecular flexibility index (Phi) is 3.64. The van der Waals surface area contributed by atoms with E-state index in [-0.39, 0.29) is 12.1 Å². The molecule has 4 saturated carbocycles. The first-order chi connectivity index (χ1) is 16.4. The molecule has 36 heavy (non-hydrogen) atoms. The molecule has 11 nitrogen and oxygen atoms in total. The quantitative estimate of drug-likeness (QED) is 0.197. The molecule has 7 N–H and O–H groups in total. The van der Waals surface area contributed by atoms with Gasteiger partial charge in [-0.3, -0.25) is 0 Å². The molecule has 198 valence electrons. The van der Waals surface area contributed by atoms with Crippen LogP contribution < -0.4 is 0 Å². The highest BCUT2D eigenvalue weighted by Gasteiger charge is 3.11. The molecule has 8 rings (SSSR count). The average Bonchev–Trinajstić information content (AvgIpc) is 3.10. The summed E-state index contributed by atoms with van der Waals surface area (Å²) in [6.07, 6.45) is -3.06. The van der Waals surface area contributed by atoms with Crippen LogP contribution >= 0.6 is 0 Å². The van der Waals surface area contributed by atoms with E-state index >= 15 is 0 Å². The molecule has 6 bridgehead atoms. The predicted octanol–water partition coefficient (Wildman–Crippen LogP) is -1.06. The number of carbonyl (C=O) groups excluding carboxylic acids is 1. The van der Waals surface area contributed by atoms with Crippen LogP contribution in [0, 0.1) is 16.7 Å². The van der Waals surface area contributed by atoms with Crippen LogP contribution in [-0.2, 0) is 14.2 Å². The summed E-state index contributed by atoms with van der Waals surface area (Å²) in [5, 5.41) is 74.5. The molecule has 3 saturated heterocycles. The molecular formula is C25H33NO10. The van der Waals surface area contributed by atoms with Gasteiger partial charge in [0.15, 0.2) is 17.5 Å². The third kappa shape index (κ3) is 1.60. The highest BCUT2D eigenvalue weighted by atomic mass is 16.7. The zero-order valence-electron chi connectivity index (χ0n) is 20.8. The number of ether oxygens (including phenoxy) is 3. The second kappa shape index (κ2) is 5.57. The number of epoxide rings is 1. The first-order valence-corrected chi connectivity index (χ1v) is 12.5. The van der Waals surface area contributed by atoms with Crippen LogP contribution in [0.5, 0.6) is 0 Å². The Labute approximate surface area is 207 Å². The Balaban J connectivity index is 1.55. The van der Waals surface area contributed by atoms with Gasteiger partial charge < -0.3 is 49.8 Å². The number of H-pyrrole nitrogens is 1. The molecular weight excluding hydrogens is 474 g/mol. The number of aliphatic hydroxyl groups is 6. The number of aliphatic hydroxyl groups excluding tert-OH is 1. The largest absolute Gasteiger partial charge is 0.451 e. The van der Waals surface area contributed by atoms with Crippen molar-refractivity contribution < 1.29 is 49.6 Å². The second-order valence-corrected chi connectivity index (χ2v) is 12.8. The van der Waals surface area contributed by atoms with Crippen molar-refractivity contribution in [2.75, 3.05) is 0 Å². The van der Waals surface area contributed by atoms with E-state index in [9.17, 15) is 35.4 Å². The first kappa shape index (κ1) is 23.5. The molecule has 0 radical (unpaired) electrons. The van der Waals surface area contributed by atoms with Crippen molar-refractivity contribution in [2.24, 2.45) is 16.7 Å². The predicted molar refractivity (Wildman–Crippen MR) is 118 cm³/mol. The number of nitrogens with one attached hydrogen (secondary N) is 1. The summed E-state index contributed by atoms with van der Waals surface area (Å²) in [4.78, 5) is 15.9. The number of carbonyl (C=O) groups is 1. The Morgan fingerprint density at radius 3 is 2.42 bits per heavy atom. The van der Waals surface area contributed by atoms with Gasteiger partial charge in [-0.05, 0) is 31.9 Å². The minimum atomic E-state index is -2.66. The smallest absolute Gasteiger partial charge is 0.355 e. The second-order valence-electron chi connectivity index (χ2n) is 12.8. The normalized spacial score (nSPS) is 63.5. The Morgan fingerprint density at radius 2 is 1.83 bits per heavy atom. The zero-order valence-corrected chi connectivity index (χ0v) is 20.8. The molecule has 12 atom stereocenters. The molecule has 1 aromatic rings. The van der Waals surface area contributed by atoms with Gasteiger partial charge in [-0.25, -0.2) is 4.79 Å². The van der Waals surface area contributed by atoms with Crippen LogP contribution in [-0.4, -0.2) is 99.3 Å². The van der Waals surface area contributed by atoms with E-state index in [0.29, 0.717) is 0 Å². The van der Waals surface area contributed by atoms with Gasteiger partial charge in [0, 0.05) is 24.5 Å². The standard InChI is InChI=1S/C25H33NO10/c1-11(2)22(31)16(34-14(27)12-7-6-8-26-12)23(32)17(3)10-21(30)19(22,5)25(23,33)24(36-21)15(28)18(4)13(35-18)9-20(17,24)29/h6-8,11,13,15-16,26,28-33H,9-10H2,1-5H3/t13-,15+,16-,17+,18-,19+,20+,21+,22-,23-,24-,25-/m1/s1. The Hall–Kier alpha value is -1.57. The van der Waals surface area contributed by atoms with Crippen molar-refractivity contribution in [3.05, 3.63) is 24.0 Å². The number of aromatic nitrogens is 1. The summed E-state index contributed by atoms with van der Waals surface area (Å²) in [5.74, 6) is -3.99. The van der Waals surface area contributed by atoms with Gasteiger partial charge in [-0.2, -0.15) is 0 Å². The van der Waals surface area contributed by atoms with Crippen molar-refractivity contribution in [1.82, 2.24) is 4.98 Å². The van der Waals surface area contributed by atoms with Gasteiger partial charge >= 0.3 is 5.97 Å². The Bertz CT molecular complexity index is 1220. The average molecular weight is 508 g/mol. The maximum Gasteiger partial charge on any atom is 0.355 e. The van der Waals surface area contributed by atoms with Gasteiger partial charge in [0.1, 0.15) is 39.8 Å². The van der Waals surface area contributed by atoms with Gasteiger partial charge in [-0.1, -0.05) is 20.8 Å². The minimum Gasteiger partial charge on any atom is -0.451 e.